The molecule has 1 aromatic rings. The van der Waals surface area contributed by atoms with Crippen LogP contribution in [-0.2, 0) is 17.5 Å². The molecule has 0 aliphatic rings. The van der Waals surface area contributed by atoms with Crippen LogP contribution in [-0.4, -0.2) is 24.4 Å². The number of nitrogens with zero attached hydrogens (tertiary/aromatic N) is 2. The molecule has 0 amide bonds. The Balaban J connectivity index is 3.08. The molecule has 0 saturated heterocycles. The molecule has 1 atom stereocenters. The van der Waals surface area contributed by atoms with Gasteiger partial charge < -0.3 is 4.55 Å². The van der Waals surface area contributed by atoms with Crippen LogP contribution in [0.2, 0.25) is 5.02 Å². The highest BCUT2D eigenvalue weighted by Crippen LogP contribution is 2.35. The van der Waals surface area contributed by atoms with Gasteiger partial charge in [0.25, 0.3) is 11.4 Å². The van der Waals surface area contributed by atoms with Crippen molar-refractivity contribution >= 4 is 34.1 Å². The lowest BCUT2D eigenvalue weighted by Gasteiger charge is -2.03. The number of hydrogen-bond acceptors (Lipinski definition) is 5. The van der Waals surface area contributed by atoms with E-state index in [1.807, 2.05) is 0 Å². The molecule has 1 aromatic carbocycles. The Bertz CT molecular complexity index is 515. The van der Waals surface area contributed by atoms with E-state index in [2.05, 4.69) is 0 Å². The summed E-state index contributed by atoms with van der Waals surface area (Å²) in [5.41, 5.74) is -0.764. The van der Waals surface area contributed by atoms with Crippen LogP contribution in [0.1, 0.15) is 12.0 Å². The highest BCUT2D eigenvalue weighted by molar-refractivity contribution is 7.79. The van der Waals surface area contributed by atoms with Crippen LogP contribution in [0.15, 0.2) is 12.1 Å². The third-order valence-corrected chi connectivity index (χ3v) is 3.30. The van der Waals surface area contributed by atoms with Crippen molar-refractivity contribution in [3.05, 3.63) is 42.9 Å². The summed E-state index contributed by atoms with van der Waals surface area (Å²) in [5.74, 6) is -0.00970. The van der Waals surface area contributed by atoms with Gasteiger partial charge in [0.1, 0.15) is 0 Å². The molecule has 1 N–H and O–H groups in total. The Hall–Kier alpha value is -1.58. The van der Waals surface area contributed by atoms with Crippen LogP contribution in [0.25, 0.3) is 0 Å². The maximum atomic E-state index is 10.7. The minimum Gasteiger partial charge on any atom is -0.306 e. The van der Waals surface area contributed by atoms with Crippen LogP contribution < -0.4 is 0 Å². The van der Waals surface area contributed by atoms with E-state index in [1.54, 1.807) is 0 Å². The second-order valence-electron chi connectivity index (χ2n) is 3.59. The number of hydrogen-bond donors (Lipinski definition) is 1. The summed E-state index contributed by atoms with van der Waals surface area (Å²) in [6.45, 7) is 0. The highest BCUT2D eigenvalue weighted by atomic mass is 35.5. The average Bonchev–Trinajstić information content (AvgIpc) is 2.29. The zero-order chi connectivity index (χ0) is 14.6. The molecule has 0 heterocycles. The molecule has 10 heteroatoms. The van der Waals surface area contributed by atoms with Gasteiger partial charge in [-0.15, -0.1) is 0 Å². The molecule has 0 aromatic heterocycles. The van der Waals surface area contributed by atoms with Gasteiger partial charge in [-0.25, -0.2) is 4.21 Å². The molecule has 0 fully saturated rings. The van der Waals surface area contributed by atoms with Gasteiger partial charge in [-0.05, 0) is 18.4 Å². The molecule has 1 unspecified atom stereocenters. The summed E-state index contributed by atoms with van der Waals surface area (Å²) in [6, 6.07) is 2.27. The average molecular weight is 309 g/mol. The van der Waals surface area contributed by atoms with E-state index < -0.39 is 37.3 Å². The molecular weight excluding hydrogens is 300 g/mol. The number of aryl methyl sites for hydroxylation is 1. The first-order valence-corrected chi connectivity index (χ1v) is 6.67. The van der Waals surface area contributed by atoms with Crippen LogP contribution in [0.5, 0.6) is 0 Å². The topological polar surface area (TPSA) is 124 Å². The first kappa shape index (κ1) is 15.5. The fourth-order valence-electron chi connectivity index (χ4n) is 1.46. The molecule has 0 spiro atoms. The molecule has 0 bridgehead atoms. The number of nitro benzene ring substituents is 2. The van der Waals surface area contributed by atoms with E-state index in [-0.39, 0.29) is 18.6 Å². The van der Waals surface area contributed by atoms with Crippen molar-refractivity contribution in [2.24, 2.45) is 0 Å². The largest absolute Gasteiger partial charge is 0.306 e. The molecule has 19 heavy (non-hydrogen) atoms. The van der Waals surface area contributed by atoms with Gasteiger partial charge in [0.05, 0.1) is 9.85 Å². The summed E-state index contributed by atoms with van der Waals surface area (Å²) >= 11 is 3.62. The van der Waals surface area contributed by atoms with Crippen molar-refractivity contribution in [1.82, 2.24) is 0 Å². The molecular formula is C9H9ClN2O6S. The van der Waals surface area contributed by atoms with Crippen LogP contribution in [0.3, 0.4) is 0 Å². The van der Waals surface area contributed by atoms with Gasteiger partial charge >= 0.3 is 0 Å². The van der Waals surface area contributed by atoms with Gasteiger partial charge in [-0.2, -0.15) is 0 Å². The van der Waals surface area contributed by atoms with E-state index in [4.69, 9.17) is 16.2 Å². The van der Waals surface area contributed by atoms with E-state index in [0.717, 1.165) is 12.1 Å². The lowest BCUT2D eigenvalue weighted by atomic mass is 10.1. The summed E-state index contributed by atoms with van der Waals surface area (Å²) in [4.78, 5) is 19.9. The smallest absolute Gasteiger partial charge is 0.295 e. The molecule has 0 aliphatic heterocycles. The molecule has 8 nitrogen and oxygen atoms in total. The van der Waals surface area contributed by atoms with Crippen molar-refractivity contribution in [3.8, 4) is 0 Å². The summed E-state index contributed by atoms with van der Waals surface area (Å²) in [5, 5.41) is 21.0. The fourth-order valence-corrected chi connectivity index (χ4v) is 2.10. The van der Waals surface area contributed by atoms with Crippen LogP contribution in [0.4, 0.5) is 11.4 Å². The van der Waals surface area contributed by atoms with Gasteiger partial charge in [0.15, 0.2) is 16.1 Å². The Kier molecular flexibility index (Phi) is 5.33. The lowest BCUT2D eigenvalue weighted by Crippen LogP contribution is -2.00. The van der Waals surface area contributed by atoms with Gasteiger partial charge in [0, 0.05) is 17.9 Å². The van der Waals surface area contributed by atoms with E-state index >= 15 is 0 Å². The number of benzene rings is 1. The van der Waals surface area contributed by atoms with E-state index in [1.165, 1.54) is 0 Å². The standard InChI is InChI=1S/C9H9ClN2O6S/c10-9-7(11(13)14)4-6(2-1-3-19(17)18)5-8(9)12(15)16/h4-5H,1-3H2,(H,17,18). The Morgan fingerprint density at radius 1 is 1.21 bits per heavy atom. The van der Waals surface area contributed by atoms with Crippen molar-refractivity contribution in [3.63, 3.8) is 0 Å². The lowest BCUT2D eigenvalue weighted by molar-refractivity contribution is -0.394. The minimum atomic E-state index is -1.97. The maximum Gasteiger partial charge on any atom is 0.295 e. The summed E-state index contributed by atoms with van der Waals surface area (Å²) in [6.07, 6.45) is 0.490. The zero-order valence-electron chi connectivity index (χ0n) is 9.45. The summed E-state index contributed by atoms with van der Waals surface area (Å²) < 4.78 is 19.1. The first-order chi connectivity index (χ1) is 8.82. The monoisotopic (exact) mass is 308 g/mol. The Morgan fingerprint density at radius 3 is 2.05 bits per heavy atom. The van der Waals surface area contributed by atoms with E-state index in [0.29, 0.717) is 5.56 Å². The van der Waals surface area contributed by atoms with E-state index in [9.17, 15) is 24.4 Å². The van der Waals surface area contributed by atoms with Crippen LogP contribution >= 0.6 is 11.6 Å². The number of rotatable bonds is 6. The van der Waals surface area contributed by atoms with Crippen molar-refractivity contribution in [2.75, 3.05) is 5.75 Å². The predicted molar refractivity (Wildman–Crippen MR) is 68.7 cm³/mol. The normalized spacial score (nSPS) is 12.1. The zero-order valence-corrected chi connectivity index (χ0v) is 11.0. The third kappa shape index (κ3) is 4.23. The van der Waals surface area contributed by atoms with Crippen molar-refractivity contribution in [2.45, 2.75) is 12.8 Å². The van der Waals surface area contributed by atoms with Gasteiger partial charge in [-0.3, -0.25) is 20.2 Å². The fraction of sp³-hybridized carbons (Fsp3) is 0.333. The minimum absolute atomic E-state index is 0.00970. The van der Waals surface area contributed by atoms with Gasteiger partial charge in [0.2, 0.25) is 0 Å². The Morgan fingerprint density at radius 2 is 1.68 bits per heavy atom. The molecule has 104 valence electrons. The predicted octanol–water partition coefficient (Wildman–Crippen LogP) is 2.31. The second-order valence-corrected chi connectivity index (χ2v) is 5.02. The Labute approximate surface area is 115 Å². The maximum absolute atomic E-state index is 10.7. The number of halogens is 1. The van der Waals surface area contributed by atoms with Crippen molar-refractivity contribution < 1.29 is 18.6 Å². The molecule has 0 aliphatic carbocycles. The number of nitro groups is 2. The molecule has 0 radical (unpaired) electrons. The van der Waals surface area contributed by atoms with Gasteiger partial charge in [-0.1, -0.05) is 11.6 Å². The molecule has 0 saturated carbocycles. The summed E-state index contributed by atoms with van der Waals surface area (Å²) in [7, 11) is 0. The quantitative estimate of drug-likeness (QED) is 0.488. The first-order valence-electron chi connectivity index (χ1n) is 5.01. The second kappa shape index (κ2) is 6.55. The SMILES string of the molecule is O=[N+]([O-])c1cc(CCCS(=O)O)cc([N+](=O)[O-])c1Cl. The highest BCUT2D eigenvalue weighted by Gasteiger charge is 2.24. The molecule has 1 rings (SSSR count). The van der Waals surface area contributed by atoms with Crippen LogP contribution in [0, 0.1) is 20.2 Å². The third-order valence-electron chi connectivity index (χ3n) is 2.27. The van der Waals surface area contributed by atoms with Crippen molar-refractivity contribution in [1.29, 1.82) is 0 Å².